The van der Waals surface area contributed by atoms with Crippen molar-refractivity contribution < 1.29 is 28.7 Å². The summed E-state index contributed by atoms with van der Waals surface area (Å²) in [6.45, 7) is 0. The Balaban J connectivity index is 1.97. The lowest BCUT2D eigenvalue weighted by Gasteiger charge is -2.21. The average Bonchev–Trinajstić information content (AvgIpc) is 2.57. The summed E-state index contributed by atoms with van der Waals surface area (Å²) in [6, 6.07) is 16.7. The molecule has 0 bridgehead atoms. The topological polar surface area (TPSA) is 140 Å². The van der Waals surface area contributed by atoms with E-state index in [2.05, 4.69) is 10.3 Å². The number of pyridine rings is 1. The van der Waals surface area contributed by atoms with Crippen LogP contribution in [0.2, 0.25) is 0 Å². The van der Waals surface area contributed by atoms with E-state index in [4.69, 9.17) is 0 Å². The third kappa shape index (κ3) is 4.19. The molecule has 3 aromatic rings. The van der Waals surface area contributed by atoms with Crippen LogP contribution in [-0.4, -0.2) is 30.1 Å². The van der Waals surface area contributed by atoms with Crippen LogP contribution < -0.4 is 5.32 Å². The van der Waals surface area contributed by atoms with Gasteiger partial charge in [-0.3, -0.25) is 9.13 Å². The highest BCUT2D eigenvalue weighted by atomic mass is 31.2. The largest absolute Gasteiger partial charge is 0.360 e. The van der Waals surface area contributed by atoms with Gasteiger partial charge in [0.25, 0.3) is 0 Å². The fourth-order valence-corrected chi connectivity index (χ4v) is 4.72. The lowest BCUT2D eigenvalue weighted by Crippen LogP contribution is -2.20. The van der Waals surface area contributed by atoms with Crippen molar-refractivity contribution in [3.8, 4) is 11.1 Å². The highest BCUT2D eigenvalue weighted by molar-refractivity contribution is 7.71. The highest BCUT2D eigenvalue weighted by Gasteiger charge is 2.43. The minimum atomic E-state index is -5.10. The van der Waals surface area contributed by atoms with Crippen LogP contribution in [0.15, 0.2) is 60.8 Å². The van der Waals surface area contributed by atoms with Gasteiger partial charge in [-0.25, -0.2) is 4.98 Å². The zero-order valence-corrected chi connectivity index (χ0v) is 15.1. The number of benzene rings is 2. The summed E-state index contributed by atoms with van der Waals surface area (Å²) in [5, 5.41) is 4.24. The highest BCUT2D eigenvalue weighted by Crippen LogP contribution is 2.59. The van der Waals surface area contributed by atoms with E-state index >= 15 is 0 Å². The lowest BCUT2D eigenvalue weighted by molar-refractivity contribution is 0.343. The third-order valence-corrected chi connectivity index (χ3v) is 7.09. The molecule has 0 saturated heterocycles. The van der Waals surface area contributed by atoms with Gasteiger partial charge in [0, 0.05) is 6.20 Å². The molecule has 0 atom stereocenters. The Hall–Kier alpha value is -2.05. The minimum Gasteiger partial charge on any atom is -0.346 e. The number of nitrogens with one attached hydrogen (secondary N) is 1. The van der Waals surface area contributed by atoms with Gasteiger partial charge in [0.05, 0.1) is 0 Å². The fraction of sp³-hybridized carbons (Fsp3) is 0.0625. The van der Waals surface area contributed by atoms with Crippen molar-refractivity contribution in [2.75, 3.05) is 5.32 Å². The molecule has 0 radical (unpaired) electrons. The molecule has 0 aliphatic carbocycles. The van der Waals surface area contributed by atoms with Gasteiger partial charge in [0.1, 0.15) is 5.82 Å². The maximum absolute atomic E-state index is 11.4. The van der Waals surface area contributed by atoms with Gasteiger partial charge in [-0.2, -0.15) is 0 Å². The molecule has 1 heterocycles. The van der Waals surface area contributed by atoms with Crippen LogP contribution in [0.3, 0.4) is 0 Å². The standard InChI is InChI=1S/C16H16N2O6P2/c19-25(20,21)16(26(22,23)24)18-15-10-14(7-8-17-15)13-6-5-11-3-1-2-4-12(11)9-13/h1-10,16H,(H,17,18)(H2,19,20,21)(H2,22,23,24). The maximum Gasteiger partial charge on any atom is 0.360 e. The number of rotatable bonds is 5. The molecule has 1 aromatic heterocycles. The molecule has 0 aliphatic heterocycles. The minimum absolute atomic E-state index is 0.0488. The summed E-state index contributed by atoms with van der Waals surface area (Å²) in [5.41, 5.74) is -0.837. The summed E-state index contributed by atoms with van der Waals surface area (Å²) in [6.07, 6.45) is 1.39. The van der Waals surface area contributed by atoms with Crippen molar-refractivity contribution in [1.29, 1.82) is 0 Å². The Morgan fingerprint density at radius 1 is 0.808 bits per heavy atom. The number of nitrogens with zero attached hydrogens (tertiary/aromatic N) is 1. The Morgan fingerprint density at radius 2 is 1.42 bits per heavy atom. The van der Waals surface area contributed by atoms with E-state index in [1.54, 1.807) is 6.07 Å². The van der Waals surface area contributed by atoms with E-state index in [1.807, 2.05) is 42.5 Å². The Morgan fingerprint density at radius 3 is 2.08 bits per heavy atom. The average molecular weight is 394 g/mol. The number of fused-ring (bicyclic) bond motifs is 1. The van der Waals surface area contributed by atoms with E-state index in [-0.39, 0.29) is 5.82 Å². The Bertz CT molecular complexity index is 1020. The molecule has 0 amide bonds. The zero-order chi connectivity index (χ0) is 18.9. The van der Waals surface area contributed by atoms with Crippen molar-refractivity contribution in [2.24, 2.45) is 0 Å². The molecular weight excluding hydrogens is 378 g/mol. The van der Waals surface area contributed by atoms with Crippen LogP contribution in [0, 0.1) is 0 Å². The summed E-state index contributed by atoms with van der Waals surface area (Å²) in [7, 11) is -10.2. The molecule has 0 fully saturated rings. The molecule has 0 aliphatic rings. The van der Waals surface area contributed by atoms with Crippen LogP contribution in [0.25, 0.3) is 21.9 Å². The van der Waals surface area contributed by atoms with Gasteiger partial charge in [0.2, 0.25) is 5.52 Å². The van der Waals surface area contributed by atoms with Crippen LogP contribution in [0.1, 0.15) is 0 Å². The SMILES string of the molecule is O=P(O)(O)C(Nc1cc(-c2ccc3ccccc3c2)ccn1)P(=O)(O)O. The van der Waals surface area contributed by atoms with E-state index in [0.29, 0.717) is 5.56 Å². The molecule has 10 heteroatoms. The second-order valence-corrected chi connectivity index (χ2v) is 9.48. The number of hydrogen-bond acceptors (Lipinski definition) is 4. The van der Waals surface area contributed by atoms with E-state index < -0.39 is 20.7 Å². The van der Waals surface area contributed by atoms with Gasteiger partial charge in [-0.15, -0.1) is 0 Å². The van der Waals surface area contributed by atoms with E-state index in [9.17, 15) is 28.7 Å². The predicted molar refractivity (Wildman–Crippen MR) is 98.7 cm³/mol. The van der Waals surface area contributed by atoms with E-state index in [1.165, 1.54) is 12.3 Å². The molecule has 26 heavy (non-hydrogen) atoms. The summed E-state index contributed by atoms with van der Waals surface area (Å²) < 4.78 is 22.8. The molecule has 8 nitrogen and oxygen atoms in total. The molecule has 2 aromatic carbocycles. The van der Waals surface area contributed by atoms with Crippen molar-refractivity contribution in [3.63, 3.8) is 0 Å². The molecule has 0 unspecified atom stereocenters. The van der Waals surface area contributed by atoms with Crippen LogP contribution >= 0.6 is 15.2 Å². The lowest BCUT2D eigenvalue weighted by atomic mass is 10.0. The zero-order valence-electron chi connectivity index (χ0n) is 13.3. The number of aromatic nitrogens is 1. The van der Waals surface area contributed by atoms with Crippen molar-refractivity contribution in [1.82, 2.24) is 4.98 Å². The van der Waals surface area contributed by atoms with Crippen molar-refractivity contribution in [2.45, 2.75) is 5.52 Å². The monoisotopic (exact) mass is 394 g/mol. The van der Waals surface area contributed by atoms with Crippen LogP contribution in [-0.2, 0) is 9.13 Å². The van der Waals surface area contributed by atoms with Gasteiger partial charge >= 0.3 is 15.2 Å². The molecule has 0 spiro atoms. The molecular formula is C16H16N2O6P2. The predicted octanol–water partition coefficient (Wildman–Crippen LogP) is 2.95. The van der Waals surface area contributed by atoms with Gasteiger partial charge in [-0.1, -0.05) is 36.4 Å². The number of anilines is 1. The van der Waals surface area contributed by atoms with Crippen molar-refractivity contribution >= 4 is 31.8 Å². The second kappa shape index (κ2) is 6.93. The Labute approximate surface area is 148 Å². The summed E-state index contributed by atoms with van der Waals surface area (Å²) in [4.78, 5) is 40.7. The molecule has 136 valence electrons. The first kappa shape index (κ1) is 18.7. The second-order valence-electron chi connectivity index (χ2n) is 5.69. The molecule has 3 rings (SSSR count). The first-order valence-electron chi connectivity index (χ1n) is 7.47. The van der Waals surface area contributed by atoms with Crippen molar-refractivity contribution in [3.05, 3.63) is 60.8 Å². The molecule has 0 saturated carbocycles. The quantitative estimate of drug-likeness (QED) is 0.416. The number of hydrogen-bond donors (Lipinski definition) is 5. The van der Waals surface area contributed by atoms with Crippen LogP contribution in [0.5, 0.6) is 0 Å². The molecule has 5 N–H and O–H groups in total. The first-order chi connectivity index (χ1) is 12.1. The van der Waals surface area contributed by atoms with Gasteiger partial charge in [-0.05, 0) is 40.1 Å². The maximum atomic E-state index is 11.4. The smallest absolute Gasteiger partial charge is 0.346 e. The third-order valence-electron chi connectivity index (χ3n) is 3.76. The Kier molecular flexibility index (Phi) is 4.99. The first-order valence-corrected chi connectivity index (χ1v) is 10.8. The summed E-state index contributed by atoms with van der Waals surface area (Å²) in [5.74, 6) is -0.0488. The van der Waals surface area contributed by atoms with Gasteiger partial charge < -0.3 is 24.9 Å². The fourth-order valence-electron chi connectivity index (χ4n) is 2.55. The van der Waals surface area contributed by atoms with E-state index in [0.717, 1.165) is 16.3 Å². The van der Waals surface area contributed by atoms with Gasteiger partial charge in [0.15, 0.2) is 0 Å². The summed E-state index contributed by atoms with van der Waals surface area (Å²) >= 11 is 0. The van der Waals surface area contributed by atoms with Crippen LogP contribution in [0.4, 0.5) is 5.82 Å². The normalized spacial score (nSPS) is 12.5.